The molecule has 1 heterocycles. The van der Waals surface area contributed by atoms with E-state index in [1.165, 1.54) is 17.7 Å². The molecule has 0 aliphatic carbocycles. The van der Waals surface area contributed by atoms with E-state index in [2.05, 4.69) is 55.0 Å². The highest BCUT2D eigenvalue weighted by Crippen LogP contribution is 2.33. The summed E-state index contributed by atoms with van der Waals surface area (Å²) in [6.45, 7) is 10.1. The molecule has 0 aliphatic rings. The molecule has 1 atom stereocenters. The quantitative estimate of drug-likeness (QED) is 0.711. The van der Waals surface area contributed by atoms with Crippen molar-refractivity contribution in [3.05, 3.63) is 19.8 Å². The Balaban J connectivity index is 2.23. The van der Waals surface area contributed by atoms with Crippen LogP contribution in [-0.2, 0) is 6.42 Å². The lowest BCUT2D eigenvalue weighted by Crippen LogP contribution is -2.36. The molecule has 1 unspecified atom stereocenters. The van der Waals surface area contributed by atoms with E-state index in [0.29, 0.717) is 0 Å². The summed E-state index contributed by atoms with van der Waals surface area (Å²) in [5.74, 6) is 0.750. The fourth-order valence-electron chi connectivity index (χ4n) is 1.74. The van der Waals surface area contributed by atoms with E-state index in [1.54, 1.807) is 11.3 Å². The minimum Gasteiger partial charge on any atom is -0.312 e. The number of rotatable bonds is 6. The predicted molar refractivity (Wildman–Crippen MR) is 86.9 cm³/mol. The van der Waals surface area contributed by atoms with Crippen molar-refractivity contribution in [1.82, 2.24) is 5.32 Å². The van der Waals surface area contributed by atoms with Crippen molar-refractivity contribution in [2.45, 2.75) is 52.5 Å². The predicted octanol–water partition coefficient (Wildman–Crippen LogP) is 5.51. The minimum absolute atomic E-state index is 0.228. The second-order valence-electron chi connectivity index (χ2n) is 5.94. The standard InChI is InChI=1S/C14H23BrClNS/c1-10(7-8-17-14(2,3)4)5-6-11-9-12(15)13(16)18-11/h9-10,17H,5-8H2,1-4H3. The van der Waals surface area contributed by atoms with Crippen molar-refractivity contribution < 1.29 is 0 Å². The lowest BCUT2D eigenvalue weighted by atomic mass is 10.0. The molecule has 1 nitrogen and oxygen atoms in total. The van der Waals surface area contributed by atoms with Crippen LogP contribution in [0.2, 0.25) is 4.34 Å². The fourth-order valence-corrected chi connectivity index (χ4v) is 3.55. The average molecular weight is 353 g/mol. The highest BCUT2D eigenvalue weighted by Gasteiger charge is 2.10. The SMILES string of the molecule is CC(CCNC(C)(C)C)CCc1cc(Br)c(Cl)s1. The monoisotopic (exact) mass is 351 g/mol. The van der Waals surface area contributed by atoms with Crippen LogP contribution in [0.4, 0.5) is 0 Å². The first-order valence-corrected chi connectivity index (χ1v) is 8.45. The molecular formula is C14H23BrClNS. The third-order valence-corrected chi connectivity index (χ3v) is 5.41. The van der Waals surface area contributed by atoms with Gasteiger partial charge < -0.3 is 5.32 Å². The number of hydrogen-bond donors (Lipinski definition) is 1. The molecule has 1 aromatic heterocycles. The molecule has 0 aliphatic heterocycles. The molecule has 0 saturated carbocycles. The van der Waals surface area contributed by atoms with Crippen LogP contribution in [0, 0.1) is 5.92 Å². The summed E-state index contributed by atoms with van der Waals surface area (Å²) in [5, 5.41) is 3.54. The van der Waals surface area contributed by atoms with E-state index >= 15 is 0 Å². The zero-order chi connectivity index (χ0) is 13.8. The van der Waals surface area contributed by atoms with E-state index in [-0.39, 0.29) is 5.54 Å². The Labute approximate surface area is 128 Å². The molecule has 18 heavy (non-hydrogen) atoms. The molecule has 0 amide bonds. The molecule has 0 radical (unpaired) electrons. The van der Waals surface area contributed by atoms with Crippen molar-refractivity contribution in [2.75, 3.05) is 6.54 Å². The molecule has 1 aromatic rings. The fraction of sp³-hybridized carbons (Fsp3) is 0.714. The van der Waals surface area contributed by atoms with Crippen LogP contribution in [0.5, 0.6) is 0 Å². The van der Waals surface area contributed by atoms with Crippen LogP contribution in [0.3, 0.4) is 0 Å². The van der Waals surface area contributed by atoms with Gasteiger partial charge in [-0.3, -0.25) is 0 Å². The first kappa shape index (κ1) is 16.5. The van der Waals surface area contributed by atoms with Gasteiger partial charge in [0.25, 0.3) is 0 Å². The van der Waals surface area contributed by atoms with Gasteiger partial charge in [-0.1, -0.05) is 18.5 Å². The summed E-state index contributed by atoms with van der Waals surface area (Å²) >= 11 is 11.2. The second kappa shape index (κ2) is 7.28. The van der Waals surface area contributed by atoms with E-state index in [9.17, 15) is 0 Å². The minimum atomic E-state index is 0.228. The number of nitrogens with one attached hydrogen (secondary N) is 1. The van der Waals surface area contributed by atoms with Gasteiger partial charge in [-0.15, -0.1) is 11.3 Å². The molecule has 1 rings (SSSR count). The average Bonchev–Trinajstić information content (AvgIpc) is 2.54. The van der Waals surface area contributed by atoms with Crippen molar-refractivity contribution in [2.24, 2.45) is 5.92 Å². The van der Waals surface area contributed by atoms with Crippen molar-refractivity contribution >= 4 is 38.9 Å². The molecule has 0 aromatic carbocycles. The Morgan fingerprint density at radius 1 is 1.39 bits per heavy atom. The summed E-state index contributed by atoms with van der Waals surface area (Å²) in [6, 6.07) is 2.15. The van der Waals surface area contributed by atoms with Crippen LogP contribution in [-0.4, -0.2) is 12.1 Å². The molecular weight excluding hydrogens is 330 g/mol. The van der Waals surface area contributed by atoms with E-state index in [1.807, 2.05) is 0 Å². The van der Waals surface area contributed by atoms with Crippen LogP contribution >= 0.6 is 38.9 Å². The number of thiophene rings is 1. The Morgan fingerprint density at radius 3 is 2.56 bits per heavy atom. The number of halogens is 2. The van der Waals surface area contributed by atoms with Gasteiger partial charge in [0.15, 0.2) is 0 Å². The summed E-state index contributed by atoms with van der Waals surface area (Å²) in [6.07, 6.45) is 3.60. The lowest BCUT2D eigenvalue weighted by molar-refractivity contribution is 0.387. The smallest absolute Gasteiger partial charge is 0.107 e. The largest absolute Gasteiger partial charge is 0.312 e. The number of aryl methyl sites for hydroxylation is 1. The van der Waals surface area contributed by atoms with Gasteiger partial charge in [-0.05, 0) is 74.5 Å². The summed E-state index contributed by atoms with van der Waals surface area (Å²) in [7, 11) is 0. The zero-order valence-electron chi connectivity index (χ0n) is 11.6. The molecule has 4 heteroatoms. The second-order valence-corrected chi connectivity index (χ2v) is 8.54. The van der Waals surface area contributed by atoms with E-state index < -0.39 is 0 Å². The van der Waals surface area contributed by atoms with Gasteiger partial charge in [0, 0.05) is 14.9 Å². The van der Waals surface area contributed by atoms with Gasteiger partial charge in [0.2, 0.25) is 0 Å². The Morgan fingerprint density at radius 2 is 2.06 bits per heavy atom. The molecule has 104 valence electrons. The molecule has 0 fully saturated rings. The van der Waals surface area contributed by atoms with Crippen LogP contribution in [0.25, 0.3) is 0 Å². The number of hydrogen-bond acceptors (Lipinski definition) is 2. The highest BCUT2D eigenvalue weighted by molar-refractivity contribution is 9.10. The molecule has 0 bridgehead atoms. The topological polar surface area (TPSA) is 12.0 Å². The maximum atomic E-state index is 6.04. The van der Waals surface area contributed by atoms with Crippen molar-refractivity contribution in [3.8, 4) is 0 Å². The van der Waals surface area contributed by atoms with Gasteiger partial charge in [-0.25, -0.2) is 0 Å². The Hall–Kier alpha value is 0.430. The zero-order valence-corrected chi connectivity index (χ0v) is 14.8. The third-order valence-electron chi connectivity index (χ3n) is 2.87. The maximum Gasteiger partial charge on any atom is 0.107 e. The van der Waals surface area contributed by atoms with E-state index in [0.717, 1.165) is 27.7 Å². The lowest BCUT2D eigenvalue weighted by Gasteiger charge is -2.21. The molecule has 0 saturated heterocycles. The van der Waals surface area contributed by atoms with Gasteiger partial charge in [0.05, 0.1) is 0 Å². The highest BCUT2D eigenvalue weighted by atomic mass is 79.9. The van der Waals surface area contributed by atoms with Gasteiger partial charge in [0.1, 0.15) is 4.34 Å². The normalized spacial score (nSPS) is 13.9. The van der Waals surface area contributed by atoms with E-state index in [4.69, 9.17) is 11.6 Å². The summed E-state index contributed by atoms with van der Waals surface area (Å²) in [5.41, 5.74) is 0.228. The Kier molecular flexibility index (Phi) is 6.66. The van der Waals surface area contributed by atoms with Gasteiger partial charge in [-0.2, -0.15) is 0 Å². The van der Waals surface area contributed by atoms with Crippen molar-refractivity contribution in [1.29, 1.82) is 0 Å². The molecule has 1 N–H and O–H groups in total. The summed E-state index contributed by atoms with van der Waals surface area (Å²) in [4.78, 5) is 1.38. The first-order chi connectivity index (χ1) is 8.28. The first-order valence-electron chi connectivity index (χ1n) is 6.46. The van der Waals surface area contributed by atoms with Crippen LogP contribution in [0.15, 0.2) is 10.5 Å². The van der Waals surface area contributed by atoms with Crippen LogP contribution < -0.4 is 5.32 Å². The third kappa shape index (κ3) is 6.55. The molecule has 0 spiro atoms. The van der Waals surface area contributed by atoms with Crippen LogP contribution in [0.1, 0.15) is 45.4 Å². The Bertz CT molecular complexity index is 351. The maximum absolute atomic E-state index is 6.04. The van der Waals surface area contributed by atoms with Crippen molar-refractivity contribution in [3.63, 3.8) is 0 Å². The van der Waals surface area contributed by atoms with Gasteiger partial charge >= 0.3 is 0 Å². The summed E-state index contributed by atoms with van der Waals surface area (Å²) < 4.78 is 1.90.